The van der Waals surface area contributed by atoms with E-state index >= 15 is 0 Å². The molecule has 0 radical (unpaired) electrons. The van der Waals surface area contributed by atoms with E-state index in [0.717, 1.165) is 25.9 Å². The van der Waals surface area contributed by atoms with Gasteiger partial charge in [0.25, 0.3) is 5.56 Å². The summed E-state index contributed by atoms with van der Waals surface area (Å²) in [5.74, 6) is -0.863. The Morgan fingerprint density at radius 3 is 2.47 bits per heavy atom. The highest BCUT2D eigenvalue weighted by Gasteiger charge is 2.44. The van der Waals surface area contributed by atoms with Crippen LogP contribution in [0, 0.1) is 11.2 Å². The molecule has 3 aromatic rings. The van der Waals surface area contributed by atoms with E-state index < -0.39 is 20.7 Å². The van der Waals surface area contributed by atoms with Crippen molar-refractivity contribution < 1.29 is 12.8 Å². The number of nitrogens with zero attached hydrogens (tertiary/aromatic N) is 2. The number of benzene rings is 1. The van der Waals surface area contributed by atoms with Crippen molar-refractivity contribution in [3.63, 3.8) is 0 Å². The number of aromatic nitrogens is 2. The fourth-order valence-corrected chi connectivity index (χ4v) is 5.23. The molecule has 2 aromatic heterocycles. The number of primary sulfonamides is 1. The van der Waals surface area contributed by atoms with E-state index in [2.05, 4.69) is 9.88 Å². The van der Waals surface area contributed by atoms with E-state index in [4.69, 9.17) is 5.14 Å². The summed E-state index contributed by atoms with van der Waals surface area (Å²) in [6.45, 7) is 1.56. The molecule has 3 heterocycles. The van der Waals surface area contributed by atoms with E-state index in [1.807, 2.05) is 0 Å². The van der Waals surface area contributed by atoms with Gasteiger partial charge in [0.05, 0.1) is 0 Å². The van der Waals surface area contributed by atoms with Crippen LogP contribution in [-0.2, 0) is 17.1 Å². The fourth-order valence-electron chi connectivity index (χ4n) is 4.62. The first-order chi connectivity index (χ1) is 14.2. The maximum Gasteiger partial charge on any atom is 0.274 e. The summed E-state index contributed by atoms with van der Waals surface area (Å²) in [7, 11) is -2.62. The van der Waals surface area contributed by atoms with Crippen molar-refractivity contribution in [2.24, 2.45) is 17.6 Å². The number of hydrogen-bond donors (Lipinski definition) is 2. The lowest BCUT2D eigenvalue weighted by atomic mass is 9.92. The smallest absolute Gasteiger partial charge is 0.274 e. The van der Waals surface area contributed by atoms with Crippen LogP contribution in [0.1, 0.15) is 25.7 Å². The van der Waals surface area contributed by atoms with E-state index in [1.165, 1.54) is 29.5 Å². The number of piperidine rings is 1. The lowest BCUT2D eigenvalue weighted by Gasteiger charge is -2.35. The Morgan fingerprint density at radius 2 is 1.83 bits per heavy atom. The maximum absolute atomic E-state index is 14.8. The molecule has 0 unspecified atom stereocenters. The minimum Gasteiger partial charge on any atom is -0.371 e. The minimum absolute atomic E-state index is 0.192. The summed E-state index contributed by atoms with van der Waals surface area (Å²) < 4.78 is 40.3. The summed E-state index contributed by atoms with van der Waals surface area (Å²) in [5, 5.41) is 5.94. The zero-order chi connectivity index (χ0) is 21.3. The Labute approximate surface area is 173 Å². The largest absolute Gasteiger partial charge is 0.371 e. The Hall–Kier alpha value is -2.65. The van der Waals surface area contributed by atoms with Gasteiger partial charge in [-0.15, -0.1) is 0 Å². The van der Waals surface area contributed by atoms with Gasteiger partial charge in [-0.1, -0.05) is 0 Å². The Bertz CT molecular complexity index is 1330. The summed E-state index contributed by atoms with van der Waals surface area (Å²) in [6.07, 6.45) is 7.90. The third kappa shape index (κ3) is 3.04. The van der Waals surface area contributed by atoms with Crippen LogP contribution in [-0.4, -0.2) is 31.1 Å². The van der Waals surface area contributed by atoms with Gasteiger partial charge >= 0.3 is 0 Å². The van der Waals surface area contributed by atoms with Crippen molar-refractivity contribution in [1.29, 1.82) is 0 Å². The number of halogens is 1. The first-order valence-corrected chi connectivity index (χ1v) is 11.5. The Kier molecular flexibility index (Phi) is 4.14. The molecule has 1 aromatic carbocycles. The molecule has 2 fully saturated rings. The molecular formula is C21H23FN4O3S. The normalized spacial score (nSPS) is 18.3. The second kappa shape index (κ2) is 6.42. The molecule has 3 N–H and O–H groups in total. The molecule has 9 heteroatoms. The molecule has 158 valence electrons. The average molecular weight is 431 g/mol. The maximum atomic E-state index is 14.8. The number of nitrogens with one attached hydrogen (secondary N) is 1. The number of aryl methyl sites for hydroxylation is 1. The van der Waals surface area contributed by atoms with Gasteiger partial charge in [-0.2, -0.15) is 0 Å². The monoisotopic (exact) mass is 430 g/mol. The molecule has 1 aliphatic heterocycles. The third-order valence-electron chi connectivity index (χ3n) is 6.66. The van der Waals surface area contributed by atoms with Gasteiger partial charge < -0.3 is 14.5 Å². The topological polar surface area (TPSA) is 101 Å². The number of sulfonamides is 1. The molecule has 5 rings (SSSR count). The van der Waals surface area contributed by atoms with Gasteiger partial charge in [0.1, 0.15) is 16.2 Å². The number of fused-ring (bicyclic) bond motifs is 1. The summed E-state index contributed by atoms with van der Waals surface area (Å²) in [4.78, 5) is 17.0. The van der Waals surface area contributed by atoms with Crippen LogP contribution < -0.4 is 15.6 Å². The number of anilines is 1. The molecule has 1 saturated carbocycles. The number of nitrogens with two attached hydrogens (primary N) is 1. The highest BCUT2D eigenvalue weighted by atomic mass is 32.2. The van der Waals surface area contributed by atoms with Crippen LogP contribution in [0.15, 0.2) is 40.3 Å². The van der Waals surface area contributed by atoms with Crippen LogP contribution in [0.5, 0.6) is 0 Å². The van der Waals surface area contributed by atoms with Crippen molar-refractivity contribution in [3.05, 3.63) is 46.8 Å². The second-order valence-corrected chi connectivity index (χ2v) is 10.1. The SMILES string of the molecule is Cn1cc(-c2cc(S(N)(=O)=O)c(F)cc2N2CCC3(CC2)CC3)c2cc[nH]c2c1=O. The van der Waals surface area contributed by atoms with Gasteiger partial charge in [0, 0.05) is 54.7 Å². The zero-order valence-electron chi connectivity index (χ0n) is 16.6. The zero-order valence-corrected chi connectivity index (χ0v) is 17.4. The summed E-state index contributed by atoms with van der Waals surface area (Å²) in [5.41, 5.74) is 2.49. The lowest BCUT2D eigenvalue weighted by Crippen LogP contribution is -2.35. The van der Waals surface area contributed by atoms with Gasteiger partial charge in [-0.25, -0.2) is 17.9 Å². The van der Waals surface area contributed by atoms with Crippen molar-refractivity contribution >= 4 is 26.6 Å². The summed E-state index contributed by atoms with van der Waals surface area (Å²) >= 11 is 0. The third-order valence-corrected chi connectivity index (χ3v) is 7.59. The van der Waals surface area contributed by atoms with Gasteiger partial charge in [-0.05, 0) is 49.3 Å². The molecular weight excluding hydrogens is 407 g/mol. The number of rotatable bonds is 3. The highest BCUT2D eigenvalue weighted by Crippen LogP contribution is 2.54. The van der Waals surface area contributed by atoms with Crippen LogP contribution in [0.3, 0.4) is 0 Å². The van der Waals surface area contributed by atoms with Crippen LogP contribution >= 0.6 is 0 Å². The fraction of sp³-hybridized carbons (Fsp3) is 0.381. The number of hydrogen-bond acceptors (Lipinski definition) is 4. The Balaban J connectivity index is 1.74. The quantitative estimate of drug-likeness (QED) is 0.667. The van der Waals surface area contributed by atoms with Crippen molar-refractivity contribution in [2.75, 3.05) is 18.0 Å². The van der Waals surface area contributed by atoms with Crippen LogP contribution in [0.2, 0.25) is 0 Å². The molecule has 0 bridgehead atoms. The van der Waals surface area contributed by atoms with E-state index in [1.54, 1.807) is 25.5 Å². The number of H-pyrrole nitrogens is 1. The minimum atomic E-state index is -4.25. The molecule has 7 nitrogen and oxygen atoms in total. The van der Waals surface area contributed by atoms with Crippen molar-refractivity contribution in [1.82, 2.24) is 9.55 Å². The highest BCUT2D eigenvalue weighted by molar-refractivity contribution is 7.89. The number of aromatic amines is 1. The number of pyridine rings is 1. The Morgan fingerprint density at radius 1 is 1.13 bits per heavy atom. The standard InChI is InChI=1S/C21H23FN4O3S/c1-25-12-15(13-2-7-24-19(13)20(25)27)14-10-18(30(23,28)29)16(22)11-17(14)26-8-5-21(3-4-21)6-9-26/h2,7,10-12,24H,3-6,8-9H2,1H3,(H2,23,28,29). The molecule has 2 aliphatic rings. The first-order valence-electron chi connectivity index (χ1n) is 9.97. The predicted octanol–water partition coefficient (Wildman–Crippen LogP) is 2.70. The molecule has 30 heavy (non-hydrogen) atoms. The molecule has 1 aliphatic carbocycles. The van der Waals surface area contributed by atoms with Gasteiger partial charge in [-0.3, -0.25) is 4.79 Å². The summed E-state index contributed by atoms with van der Waals surface area (Å²) in [6, 6.07) is 4.34. The molecule has 0 atom stereocenters. The van der Waals surface area contributed by atoms with Gasteiger partial charge in [0.2, 0.25) is 10.0 Å². The second-order valence-electron chi connectivity index (χ2n) is 8.56. The molecule has 0 amide bonds. The van der Waals surface area contributed by atoms with Crippen molar-refractivity contribution in [3.8, 4) is 11.1 Å². The van der Waals surface area contributed by atoms with Crippen molar-refractivity contribution in [2.45, 2.75) is 30.6 Å². The molecule has 1 spiro atoms. The van der Waals surface area contributed by atoms with Gasteiger partial charge in [0.15, 0.2) is 0 Å². The van der Waals surface area contributed by atoms with Crippen LogP contribution in [0.4, 0.5) is 10.1 Å². The van der Waals surface area contributed by atoms with E-state index in [-0.39, 0.29) is 5.56 Å². The predicted molar refractivity (Wildman–Crippen MR) is 113 cm³/mol. The lowest BCUT2D eigenvalue weighted by molar-refractivity contribution is 0.384. The average Bonchev–Trinajstić information content (AvgIpc) is 3.25. The van der Waals surface area contributed by atoms with E-state index in [0.29, 0.717) is 33.1 Å². The first kappa shape index (κ1) is 19.3. The van der Waals surface area contributed by atoms with E-state index in [9.17, 15) is 17.6 Å². The molecule has 1 saturated heterocycles. The van der Waals surface area contributed by atoms with Crippen LogP contribution in [0.25, 0.3) is 22.0 Å².